The number of rotatable bonds is 14. The van der Waals surface area contributed by atoms with Crippen molar-refractivity contribution in [2.75, 3.05) is 6.61 Å². The Morgan fingerprint density at radius 3 is 2.50 bits per heavy atom. The van der Waals surface area contributed by atoms with Crippen molar-refractivity contribution in [3.63, 3.8) is 0 Å². The van der Waals surface area contributed by atoms with E-state index in [0.717, 1.165) is 12.8 Å². The number of hydrogen-bond donors (Lipinski definition) is 1. The lowest BCUT2D eigenvalue weighted by Gasteiger charge is -2.16. The molecule has 0 radical (unpaired) electrons. The van der Waals surface area contributed by atoms with Crippen molar-refractivity contribution in [2.45, 2.75) is 78.2 Å². The van der Waals surface area contributed by atoms with Gasteiger partial charge in [-0.1, -0.05) is 69.6 Å². The molecular formula is C21H36O3. The van der Waals surface area contributed by atoms with Crippen LogP contribution in [0.3, 0.4) is 0 Å². The first-order valence-corrected chi connectivity index (χ1v) is 9.49. The van der Waals surface area contributed by atoms with E-state index < -0.39 is 6.10 Å². The number of unbranched alkanes of at least 4 members (excludes halogenated alkanes) is 4. The van der Waals surface area contributed by atoms with Gasteiger partial charge in [-0.3, -0.25) is 4.79 Å². The van der Waals surface area contributed by atoms with Gasteiger partial charge in [0.15, 0.2) is 0 Å². The van der Waals surface area contributed by atoms with Gasteiger partial charge in [0.25, 0.3) is 0 Å². The summed E-state index contributed by atoms with van der Waals surface area (Å²) >= 11 is 0. The first-order chi connectivity index (χ1) is 11.7. The van der Waals surface area contributed by atoms with Gasteiger partial charge in [0.05, 0.1) is 12.7 Å². The van der Waals surface area contributed by atoms with Crippen molar-refractivity contribution < 1.29 is 14.6 Å². The van der Waals surface area contributed by atoms with E-state index in [2.05, 4.69) is 19.9 Å². The normalized spacial score (nSPS) is 14.7. The molecule has 3 heteroatoms. The molecule has 0 amide bonds. The molecule has 0 spiro atoms. The van der Waals surface area contributed by atoms with Gasteiger partial charge in [0.2, 0.25) is 0 Å². The Morgan fingerprint density at radius 1 is 1.04 bits per heavy atom. The van der Waals surface area contributed by atoms with Crippen LogP contribution in [0.5, 0.6) is 0 Å². The molecule has 1 N–H and O–H groups in total. The highest BCUT2D eigenvalue weighted by atomic mass is 16.5. The van der Waals surface area contributed by atoms with Gasteiger partial charge in [-0.2, -0.15) is 0 Å². The molecule has 0 saturated carbocycles. The molecule has 0 unspecified atom stereocenters. The number of carbonyl (C=O) groups excluding carboxylic acids is 1. The van der Waals surface area contributed by atoms with E-state index in [4.69, 9.17) is 4.74 Å². The predicted molar refractivity (Wildman–Crippen MR) is 102 cm³/mol. The molecule has 3 nitrogen and oxygen atoms in total. The Labute approximate surface area is 148 Å². The molecule has 0 aromatic rings. The van der Waals surface area contributed by atoms with Gasteiger partial charge in [0.1, 0.15) is 0 Å². The van der Waals surface area contributed by atoms with Crippen LogP contribution in [0, 0.1) is 5.92 Å². The Hall–Kier alpha value is -1.35. The summed E-state index contributed by atoms with van der Waals surface area (Å²) in [4.78, 5) is 11.5. The van der Waals surface area contributed by atoms with E-state index in [-0.39, 0.29) is 11.9 Å². The summed E-state index contributed by atoms with van der Waals surface area (Å²) in [7, 11) is 0. The van der Waals surface area contributed by atoms with Gasteiger partial charge in [0, 0.05) is 12.3 Å². The molecule has 0 heterocycles. The smallest absolute Gasteiger partial charge is 0.305 e. The summed E-state index contributed by atoms with van der Waals surface area (Å²) in [5.74, 6) is -0.251. The fraction of sp³-hybridized carbons (Fsp3) is 0.667. The van der Waals surface area contributed by atoms with Crippen molar-refractivity contribution in [1.82, 2.24) is 0 Å². The lowest BCUT2D eigenvalue weighted by atomic mass is 9.95. The average molecular weight is 337 g/mol. The van der Waals surface area contributed by atoms with Gasteiger partial charge in [-0.25, -0.2) is 0 Å². The zero-order valence-electron chi connectivity index (χ0n) is 15.7. The maximum Gasteiger partial charge on any atom is 0.305 e. The van der Waals surface area contributed by atoms with E-state index in [0.29, 0.717) is 19.4 Å². The van der Waals surface area contributed by atoms with E-state index >= 15 is 0 Å². The molecule has 0 aromatic heterocycles. The van der Waals surface area contributed by atoms with Crippen molar-refractivity contribution in [1.29, 1.82) is 0 Å². The molecule has 0 rings (SSSR count). The predicted octanol–water partition coefficient (Wildman–Crippen LogP) is 5.36. The molecule has 0 aliphatic rings. The Bertz CT molecular complexity index is 383. The second kappa shape index (κ2) is 16.5. The van der Waals surface area contributed by atoms with Crippen LogP contribution >= 0.6 is 0 Å². The highest BCUT2D eigenvalue weighted by Gasteiger charge is 2.15. The molecule has 2 atom stereocenters. The van der Waals surface area contributed by atoms with Gasteiger partial charge < -0.3 is 9.84 Å². The third kappa shape index (κ3) is 13.1. The minimum absolute atomic E-state index is 0.0523. The summed E-state index contributed by atoms with van der Waals surface area (Å²) in [6.07, 6.45) is 19.3. The Balaban J connectivity index is 4.29. The topological polar surface area (TPSA) is 46.5 Å². The quantitative estimate of drug-likeness (QED) is 0.201. The number of aliphatic hydroxyl groups is 1. The maximum atomic E-state index is 11.5. The van der Waals surface area contributed by atoms with Gasteiger partial charge in [-0.15, -0.1) is 0 Å². The van der Waals surface area contributed by atoms with Crippen LogP contribution in [-0.4, -0.2) is 23.8 Å². The van der Waals surface area contributed by atoms with E-state index in [1.165, 1.54) is 25.7 Å². The molecule has 138 valence electrons. The number of carbonyl (C=O) groups is 1. The highest BCUT2D eigenvalue weighted by Crippen LogP contribution is 2.16. The monoisotopic (exact) mass is 336 g/mol. The van der Waals surface area contributed by atoms with Gasteiger partial charge in [-0.05, 0) is 32.6 Å². The lowest BCUT2D eigenvalue weighted by Crippen LogP contribution is -2.18. The van der Waals surface area contributed by atoms with Crippen LogP contribution in [0.15, 0.2) is 36.5 Å². The van der Waals surface area contributed by atoms with Crippen LogP contribution < -0.4 is 0 Å². The van der Waals surface area contributed by atoms with Crippen molar-refractivity contribution >= 4 is 5.97 Å². The minimum Gasteiger partial charge on any atom is -0.466 e. The second-order valence-corrected chi connectivity index (χ2v) is 6.00. The number of allylic oxidation sites excluding steroid dienone is 4. The Kier molecular flexibility index (Phi) is 15.6. The van der Waals surface area contributed by atoms with Crippen LogP contribution in [0.1, 0.15) is 72.1 Å². The number of aliphatic hydroxyl groups excluding tert-OH is 1. The SMILES string of the molecule is CC/C=C/[C@H](CCC(=O)OCC)[C@H](O)/C=C/C=C/CCCCCC. The van der Waals surface area contributed by atoms with Crippen LogP contribution in [-0.2, 0) is 9.53 Å². The number of hydrogen-bond acceptors (Lipinski definition) is 3. The standard InChI is InChI=1S/C21H36O3/c1-4-7-9-10-11-12-13-14-16-20(22)19(15-8-5-2)17-18-21(23)24-6-3/h8,12-16,19-20,22H,4-7,9-11,17-18H2,1-3H3/b13-12+,15-8+,16-14+/t19-,20-/m1/s1. The van der Waals surface area contributed by atoms with Crippen molar-refractivity contribution in [3.8, 4) is 0 Å². The lowest BCUT2D eigenvalue weighted by molar-refractivity contribution is -0.143. The average Bonchev–Trinajstić information content (AvgIpc) is 2.57. The van der Waals surface area contributed by atoms with Crippen molar-refractivity contribution in [3.05, 3.63) is 36.5 Å². The molecular weight excluding hydrogens is 300 g/mol. The zero-order valence-corrected chi connectivity index (χ0v) is 15.7. The minimum atomic E-state index is -0.577. The number of ether oxygens (including phenoxy) is 1. The maximum absolute atomic E-state index is 11.5. The summed E-state index contributed by atoms with van der Waals surface area (Å²) in [5, 5.41) is 10.3. The fourth-order valence-corrected chi connectivity index (χ4v) is 2.39. The second-order valence-electron chi connectivity index (χ2n) is 6.00. The summed E-state index contributed by atoms with van der Waals surface area (Å²) in [6.45, 7) is 6.48. The molecule has 0 aromatic carbocycles. The molecule has 0 aliphatic heterocycles. The summed E-state index contributed by atoms with van der Waals surface area (Å²) in [6, 6.07) is 0. The van der Waals surface area contributed by atoms with Crippen LogP contribution in [0.25, 0.3) is 0 Å². The third-order valence-electron chi connectivity index (χ3n) is 3.82. The molecule has 0 aliphatic carbocycles. The summed E-state index contributed by atoms with van der Waals surface area (Å²) in [5.41, 5.74) is 0. The first kappa shape index (κ1) is 22.6. The fourth-order valence-electron chi connectivity index (χ4n) is 2.39. The third-order valence-corrected chi connectivity index (χ3v) is 3.82. The zero-order chi connectivity index (χ0) is 18.0. The summed E-state index contributed by atoms with van der Waals surface area (Å²) < 4.78 is 4.96. The van der Waals surface area contributed by atoms with Crippen LogP contribution in [0.2, 0.25) is 0 Å². The van der Waals surface area contributed by atoms with E-state index in [1.54, 1.807) is 13.0 Å². The molecule has 24 heavy (non-hydrogen) atoms. The molecule has 0 bridgehead atoms. The highest BCUT2D eigenvalue weighted by molar-refractivity contribution is 5.69. The van der Waals surface area contributed by atoms with Crippen LogP contribution in [0.4, 0.5) is 0 Å². The number of esters is 1. The van der Waals surface area contributed by atoms with E-state index in [9.17, 15) is 9.90 Å². The first-order valence-electron chi connectivity index (χ1n) is 9.49. The molecule has 0 fully saturated rings. The van der Waals surface area contributed by atoms with Crippen molar-refractivity contribution in [2.24, 2.45) is 5.92 Å². The van der Waals surface area contributed by atoms with E-state index in [1.807, 2.05) is 24.3 Å². The van der Waals surface area contributed by atoms with Gasteiger partial charge >= 0.3 is 5.97 Å². The molecule has 0 saturated heterocycles. The Morgan fingerprint density at radius 2 is 1.83 bits per heavy atom. The largest absolute Gasteiger partial charge is 0.466 e.